The van der Waals surface area contributed by atoms with Gasteiger partial charge in [-0.3, -0.25) is 14.5 Å². The number of piperazine rings is 1. The second-order valence-electron chi connectivity index (χ2n) is 13.5. The lowest BCUT2D eigenvalue weighted by atomic mass is 9.82. The Morgan fingerprint density at radius 3 is 2.10 bits per heavy atom. The van der Waals surface area contributed by atoms with Crippen LogP contribution in [0.1, 0.15) is 78.0 Å². The fourth-order valence-electron chi connectivity index (χ4n) is 5.85. The maximum Gasteiger partial charge on any atom is 0.229 e. The molecular weight excluding hydrogens is 484 g/mol. The van der Waals surface area contributed by atoms with Crippen molar-refractivity contribution in [3.63, 3.8) is 0 Å². The van der Waals surface area contributed by atoms with Gasteiger partial charge in [-0.15, -0.1) is 0 Å². The molecule has 2 aliphatic heterocycles. The molecule has 0 aliphatic carbocycles. The molecule has 2 heterocycles. The fraction of sp³-hybridized carbons (Fsp3) is 0.576. The summed E-state index contributed by atoms with van der Waals surface area (Å²) in [6, 6.07) is 19.1. The average molecular weight is 533 g/mol. The normalized spacial score (nSPS) is 20.5. The van der Waals surface area contributed by atoms with Gasteiger partial charge in [0.1, 0.15) is 0 Å². The van der Waals surface area contributed by atoms with Crippen LogP contribution in [-0.2, 0) is 9.59 Å². The van der Waals surface area contributed by atoms with Gasteiger partial charge >= 0.3 is 0 Å². The zero-order valence-corrected chi connectivity index (χ0v) is 24.8. The Kier molecular flexibility index (Phi) is 9.18. The predicted octanol–water partition coefficient (Wildman–Crippen LogP) is 5.71. The molecule has 2 aliphatic rings. The van der Waals surface area contributed by atoms with Gasteiger partial charge in [0, 0.05) is 43.2 Å². The van der Waals surface area contributed by atoms with Crippen LogP contribution >= 0.6 is 0 Å². The number of piperidine rings is 1. The molecule has 2 amide bonds. The lowest BCUT2D eigenvalue weighted by Crippen LogP contribution is -2.60. The molecule has 2 aromatic rings. The summed E-state index contributed by atoms with van der Waals surface area (Å²) >= 11 is 0. The predicted molar refractivity (Wildman–Crippen MR) is 160 cm³/mol. The lowest BCUT2D eigenvalue weighted by molar-refractivity contribution is -0.141. The van der Waals surface area contributed by atoms with E-state index in [1.165, 1.54) is 11.1 Å². The minimum atomic E-state index is -0.446. The topological polar surface area (TPSA) is 64.7 Å². The van der Waals surface area contributed by atoms with Crippen molar-refractivity contribution in [2.24, 2.45) is 16.7 Å². The van der Waals surface area contributed by atoms with E-state index in [-0.39, 0.29) is 23.4 Å². The fourth-order valence-corrected chi connectivity index (χ4v) is 5.85. The van der Waals surface area contributed by atoms with Crippen molar-refractivity contribution in [2.45, 2.75) is 72.9 Å². The summed E-state index contributed by atoms with van der Waals surface area (Å²) in [6.45, 7) is 17.0. The van der Waals surface area contributed by atoms with Gasteiger partial charge in [0.15, 0.2) is 0 Å². The van der Waals surface area contributed by atoms with Crippen molar-refractivity contribution in [1.29, 1.82) is 0 Å². The smallest absolute Gasteiger partial charge is 0.229 e. The van der Waals surface area contributed by atoms with E-state index in [0.29, 0.717) is 18.2 Å². The first-order chi connectivity index (χ1) is 18.4. The van der Waals surface area contributed by atoms with Gasteiger partial charge in [-0.25, -0.2) is 0 Å². The lowest BCUT2D eigenvalue weighted by Gasteiger charge is -2.49. The quantitative estimate of drug-likeness (QED) is 0.500. The highest BCUT2D eigenvalue weighted by molar-refractivity contribution is 5.94. The minimum absolute atomic E-state index is 0.00755. The highest BCUT2D eigenvalue weighted by Gasteiger charge is 2.40. The highest BCUT2D eigenvalue weighted by atomic mass is 16.2. The van der Waals surface area contributed by atoms with Crippen LogP contribution in [0.2, 0.25) is 0 Å². The third kappa shape index (κ3) is 7.49. The van der Waals surface area contributed by atoms with Crippen LogP contribution in [0.15, 0.2) is 54.6 Å². The Morgan fingerprint density at radius 1 is 0.897 bits per heavy atom. The minimum Gasteiger partial charge on any atom is -0.337 e. The molecule has 2 N–H and O–H groups in total. The van der Waals surface area contributed by atoms with E-state index in [0.717, 1.165) is 51.3 Å². The maximum atomic E-state index is 13.6. The third-order valence-electron chi connectivity index (χ3n) is 8.30. The van der Waals surface area contributed by atoms with Gasteiger partial charge < -0.3 is 15.5 Å². The van der Waals surface area contributed by atoms with Gasteiger partial charge in [-0.2, -0.15) is 0 Å². The van der Waals surface area contributed by atoms with Crippen LogP contribution in [0, 0.1) is 16.7 Å². The van der Waals surface area contributed by atoms with Gasteiger partial charge in [0.05, 0.1) is 6.04 Å². The molecule has 2 aromatic carbocycles. The van der Waals surface area contributed by atoms with Gasteiger partial charge in [-0.05, 0) is 60.5 Å². The van der Waals surface area contributed by atoms with Crippen molar-refractivity contribution in [2.75, 3.05) is 38.0 Å². The van der Waals surface area contributed by atoms with Crippen LogP contribution in [-0.4, -0.2) is 60.4 Å². The molecule has 0 saturated carbocycles. The molecule has 0 radical (unpaired) electrons. The van der Waals surface area contributed by atoms with Gasteiger partial charge in [0.2, 0.25) is 11.8 Å². The summed E-state index contributed by atoms with van der Waals surface area (Å²) in [7, 11) is 0. The summed E-state index contributed by atoms with van der Waals surface area (Å²) in [6.07, 6.45) is 2.85. The number of amides is 2. The van der Waals surface area contributed by atoms with Crippen molar-refractivity contribution >= 4 is 17.5 Å². The largest absolute Gasteiger partial charge is 0.337 e. The summed E-state index contributed by atoms with van der Waals surface area (Å²) in [4.78, 5) is 30.8. The number of nitrogens with one attached hydrogen (secondary N) is 2. The third-order valence-corrected chi connectivity index (χ3v) is 8.30. The number of benzene rings is 2. The van der Waals surface area contributed by atoms with E-state index in [2.05, 4.69) is 83.7 Å². The molecule has 1 unspecified atom stereocenters. The van der Waals surface area contributed by atoms with Gasteiger partial charge in [0.25, 0.3) is 0 Å². The van der Waals surface area contributed by atoms with Crippen molar-refractivity contribution < 1.29 is 9.59 Å². The molecule has 6 heteroatoms. The summed E-state index contributed by atoms with van der Waals surface area (Å²) < 4.78 is 0. The molecule has 0 aromatic heterocycles. The molecule has 212 valence electrons. The second-order valence-corrected chi connectivity index (χ2v) is 13.5. The zero-order valence-electron chi connectivity index (χ0n) is 24.8. The Morgan fingerprint density at radius 2 is 1.51 bits per heavy atom. The van der Waals surface area contributed by atoms with Crippen molar-refractivity contribution in [3.8, 4) is 0 Å². The van der Waals surface area contributed by atoms with Crippen LogP contribution < -0.4 is 10.6 Å². The molecule has 2 saturated heterocycles. The molecule has 6 nitrogen and oxygen atoms in total. The van der Waals surface area contributed by atoms with E-state index >= 15 is 0 Å². The molecule has 2 atom stereocenters. The summed E-state index contributed by atoms with van der Waals surface area (Å²) in [5.41, 5.74) is 2.76. The summed E-state index contributed by atoms with van der Waals surface area (Å²) in [5.74, 6) is 0.816. The van der Waals surface area contributed by atoms with Crippen molar-refractivity contribution in [3.05, 3.63) is 65.7 Å². The van der Waals surface area contributed by atoms with Crippen LogP contribution in [0.25, 0.3) is 0 Å². The number of nitrogens with zero attached hydrogens (tertiary/aromatic N) is 2. The number of hydrogen-bond acceptors (Lipinski definition) is 4. The first-order valence-corrected chi connectivity index (χ1v) is 14.6. The van der Waals surface area contributed by atoms with E-state index in [9.17, 15) is 9.59 Å². The number of hydrogen-bond donors (Lipinski definition) is 2. The number of carbonyl (C=O) groups is 2. The zero-order chi connectivity index (χ0) is 28.2. The first kappa shape index (κ1) is 29.3. The van der Waals surface area contributed by atoms with Crippen LogP contribution in [0.3, 0.4) is 0 Å². The SMILES string of the molecule is CC(C)(C)C(=O)Nc1ccc(C(c2ccccc2)N2CCN(C(=O)CC3CCNCC3)[C@@H](C(C)(C)C)C2)cc1. The van der Waals surface area contributed by atoms with Crippen molar-refractivity contribution in [1.82, 2.24) is 15.1 Å². The van der Waals surface area contributed by atoms with E-state index in [1.54, 1.807) is 0 Å². The van der Waals surface area contributed by atoms with E-state index in [4.69, 9.17) is 0 Å². The molecule has 39 heavy (non-hydrogen) atoms. The number of anilines is 1. The number of carbonyl (C=O) groups excluding carboxylic acids is 2. The Bertz CT molecular complexity index is 1100. The Hall–Kier alpha value is -2.70. The molecule has 0 spiro atoms. The first-order valence-electron chi connectivity index (χ1n) is 14.6. The van der Waals surface area contributed by atoms with Gasteiger partial charge in [-0.1, -0.05) is 84.0 Å². The highest BCUT2D eigenvalue weighted by Crippen LogP contribution is 2.36. The Balaban J connectivity index is 1.57. The molecular formula is C33H48N4O2. The van der Waals surface area contributed by atoms with E-state index < -0.39 is 5.41 Å². The number of rotatable bonds is 6. The molecule has 4 rings (SSSR count). The van der Waals surface area contributed by atoms with Crippen LogP contribution in [0.4, 0.5) is 5.69 Å². The monoisotopic (exact) mass is 532 g/mol. The van der Waals surface area contributed by atoms with E-state index in [1.807, 2.05) is 32.9 Å². The molecule has 2 fully saturated rings. The van der Waals surface area contributed by atoms with Crippen LogP contribution in [0.5, 0.6) is 0 Å². The second kappa shape index (κ2) is 12.2. The maximum absolute atomic E-state index is 13.6. The molecule has 0 bridgehead atoms. The summed E-state index contributed by atoms with van der Waals surface area (Å²) in [5, 5.41) is 6.46. The standard InChI is InChI=1S/C33H48N4O2/c1-32(2,3)28-23-36(20-21-37(28)29(38)22-24-16-18-34-19-17-24)30(25-10-8-7-9-11-25)26-12-14-27(15-13-26)35-31(39)33(4,5)6/h7-15,24,28,30,34H,16-23H2,1-6H3,(H,35,39)/t28-,30?/m1/s1. The average Bonchev–Trinajstić information content (AvgIpc) is 2.90. The Labute approximate surface area is 235 Å².